The first kappa shape index (κ1) is 14.6. The van der Waals surface area contributed by atoms with Gasteiger partial charge in [-0.05, 0) is 36.4 Å². The molecule has 1 heterocycles. The molecule has 1 aliphatic heterocycles. The molecule has 0 unspecified atom stereocenters. The predicted molar refractivity (Wildman–Crippen MR) is 83.7 cm³/mol. The Morgan fingerprint density at radius 3 is 2.26 bits per heavy atom. The average Bonchev–Trinajstić information content (AvgIpc) is 2.91. The van der Waals surface area contributed by atoms with Crippen molar-refractivity contribution in [2.45, 2.75) is 0 Å². The van der Waals surface area contributed by atoms with Crippen LogP contribution < -0.4 is 9.75 Å². The molecule has 114 valence electrons. The lowest BCUT2D eigenvalue weighted by molar-refractivity contribution is -0.131. The number of ketones is 2. The lowest BCUT2D eigenvalue weighted by atomic mass is 10.0. The molecule has 23 heavy (non-hydrogen) atoms. The molecule has 0 bridgehead atoms. The van der Waals surface area contributed by atoms with Crippen molar-refractivity contribution in [3.8, 4) is 5.75 Å². The Balaban J connectivity index is 1.93. The van der Waals surface area contributed by atoms with Gasteiger partial charge in [0.05, 0.1) is 12.8 Å². The largest absolute Gasteiger partial charge is 0.497 e. The molecule has 0 aliphatic carbocycles. The molecule has 1 aliphatic rings. The molecular weight excluding hydrogens is 296 g/mol. The summed E-state index contributed by atoms with van der Waals surface area (Å²) in [7, 11) is 1.51. The molecule has 0 saturated carbocycles. The van der Waals surface area contributed by atoms with Gasteiger partial charge in [0.2, 0.25) is 5.78 Å². The third kappa shape index (κ3) is 2.62. The summed E-state index contributed by atoms with van der Waals surface area (Å²) in [5.41, 5.74) is 0.313. The molecule has 2 aromatic rings. The van der Waals surface area contributed by atoms with Crippen LogP contribution in [-0.2, 0) is 9.59 Å². The van der Waals surface area contributed by atoms with E-state index in [0.29, 0.717) is 11.4 Å². The number of Topliss-reactive ketones (excluding diaryl/α,β-unsaturated/α-hetero) is 2. The van der Waals surface area contributed by atoms with Crippen molar-refractivity contribution in [3.63, 3.8) is 0 Å². The van der Waals surface area contributed by atoms with Gasteiger partial charge in [-0.1, -0.05) is 18.2 Å². The predicted octanol–water partition coefficient (Wildman–Crippen LogP) is 1.85. The third-order valence-corrected chi connectivity index (χ3v) is 3.37. The molecule has 0 spiro atoms. The normalized spacial score (nSPS) is 14.0. The first-order valence-electron chi connectivity index (χ1n) is 6.83. The SMILES string of the molecule is COc1ccc(C(=O)C2=NN(c3ccccc3)C(=O)C2=O)cc1. The number of ether oxygens (including phenoxy) is 1. The quantitative estimate of drug-likeness (QED) is 0.638. The van der Waals surface area contributed by atoms with Crippen molar-refractivity contribution in [1.82, 2.24) is 0 Å². The van der Waals surface area contributed by atoms with Crippen molar-refractivity contribution in [1.29, 1.82) is 0 Å². The molecule has 0 radical (unpaired) electrons. The Hall–Kier alpha value is -3.28. The number of hydrazone groups is 1. The smallest absolute Gasteiger partial charge is 0.321 e. The van der Waals surface area contributed by atoms with Crippen LogP contribution in [0.3, 0.4) is 0 Å². The number of hydrogen-bond donors (Lipinski definition) is 0. The van der Waals surface area contributed by atoms with E-state index in [1.165, 1.54) is 19.2 Å². The van der Waals surface area contributed by atoms with Gasteiger partial charge in [0.15, 0.2) is 5.71 Å². The summed E-state index contributed by atoms with van der Waals surface area (Å²) in [5.74, 6) is -1.75. The summed E-state index contributed by atoms with van der Waals surface area (Å²) in [6.45, 7) is 0. The van der Waals surface area contributed by atoms with Crippen molar-refractivity contribution in [2.75, 3.05) is 12.1 Å². The Morgan fingerprint density at radius 1 is 1.00 bits per heavy atom. The van der Waals surface area contributed by atoms with Gasteiger partial charge < -0.3 is 4.74 Å². The molecule has 6 heteroatoms. The van der Waals surface area contributed by atoms with Crippen LogP contribution in [0.2, 0.25) is 0 Å². The van der Waals surface area contributed by atoms with Gasteiger partial charge in [-0.25, -0.2) is 0 Å². The maximum atomic E-state index is 12.4. The van der Waals surface area contributed by atoms with Crippen molar-refractivity contribution in [2.24, 2.45) is 5.10 Å². The van der Waals surface area contributed by atoms with Crippen LogP contribution in [-0.4, -0.2) is 30.3 Å². The maximum absolute atomic E-state index is 12.4. The van der Waals surface area contributed by atoms with Crippen LogP contribution >= 0.6 is 0 Å². The number of nitrogens with zero attached hydrogens (tertiary/aromatic N) is 2. The zero-order valence-corrected chi connectivity index (χ0v) is 12.2. The van der Waals surface area contributed by atoms with E-state index in [0.717, 1.165) is 5.01 Å². The first-order chi connectivity index (χ1) is 11.1. The Bertz CT molecular complexity index is 810. The van der Waals surface area contributed by atoms with Gasteiger partial charge in [0.1, 0.15) is 5.75 Å². The topological polar surface area (TPSA) is 76.0 Å². The molecule has 0 fully saturated rings. The van der Waals surface area contributed by atoms with Gasteiger partial charge in [0, 0.05) is 5.56 Å². The minimum atomic E-state index is -0.908. The van der Waals surface area contributed by atoms with E-state index >= 15 is 0 Å². The van der Waals surface area contributed by atoms with Crippen molar-refractivity contribution < 1.29 is 19.1 Å². The van der Waals surface area contributed by atoms with E-state index in [1.54, 1.807) is 42.5 Å². The molecule has 6 nitrogen and oxygen atoms in total. The zero-order chi connectivity index (χ0) is 16.4. The minimum absolute atomic E-state index is 0.264. The standard InChI is InChI=1S/C17H12N2O4/c1-23-13-9-7-11(8-10-13)15(20)14-16(21)17(22)19(18-14)12-5-3-2-4-6-12/h2-10H,1H3. The fourth-order valence-corrected chi connectivity index (χ4v) is 2.16. The van der Waals surface area contributed by atoms with Crippen LogP contribution in [0, 0.1) is 0 Å². The maximum Gasteiger partial charge on any atom is 0.321 e. The summed E-state index contributed by atoms with van der Waals surface area (Å²) < 4.78 is 5.02. The van der Waals surface area contributed by atoms with E-state index in [-0.39, 0.29) is 11.3 Å². The number of benzene rings is 2. The highest BCUT2D eigenvalue weighted by molar-refractivity contribution is 6.84. The number of carbonyl (C=O) groups excluding carboxylic acids is 3. The Morgan fingerprint density at radius 2 is 1.65 bits per heavy atom. The molecule has 1 amide bonds. The summed E-state index contributed by atoms with van der Waals surface area (Å²) in [6, 6.07) is 14.7. The average molecular weight is 308 g/mol. The second kappa shape index (κ2) is 5.84. The monoisotopic (exact) mass is 308 g/mol. The molecule has 0 atom stereocenters. The van der Waals surface area contributed by atoms with Crippen LogP contribution in [0.15, 0.2) is 59.7 Å². The number of amides is 1. The number of anilines is 1. The van der Waals surface area contributed by atoms with Crippen LogP contribution in [0.5, 0.6) is 5.75 Å². The Kier molecular flexibility index (Phi) is 3.72. The lowest BCUT2D eigenvalue weighted by Gasteiger charge is -2.09. The first-order valence-corrected chi connectivity index (χ1v) is 6.83. The van der Waals surface area contributed by atoms with Gasteiger partial charge in [-0.2, -0.15) is 10.1 Å². The molecular formula is C17H12N2O4. The summed E-state index contributed by atoms with van der Waals surface area (Å²) in [5, 5.41) is 4.85. The highest BCUT2D eigenvalue weighted by atomic mass is 16.5. The summed E-state index contributed by atoms with van der Waals surface area (Å²) in [6.07, 6.45) is 0. The van der Waals surface area contributed by atoms with E-state index in [2.05, 4.69) is 5.10 Å². The van der Waals surface area contributed by atoms with E-state index in [4.69, 9.17) is 4.74 Å². The van der Waals surface area contributed by atoms with E-state index in [1.807, 2.05) is 0 Å². The number of hydrogen-bond acceptors (Lipinski definition) is 5. The number of rotatable bonds is 4. The fraction of sp³-hybridized carbons (Fsp3) is 0.0588. The highest BCUT2D eigenvalue weighted by Gasteiger charge is 2.38. The second-order valence-electron chi connectivity index (χ2n) is 4.79. The van der Waals surface area contributed by atoms with E-state index in [9.17, 15) is 14.4 Å². The van der Waals surface area contributed by atoms with Gasteiger partial charge in [-0.3, -0.25) is 14.4 Å². The van der Waals surface area contributed by atoms with Gasteiger partial charge >= 0.3 is 5.91 Å². The van der Waals surface area contributed by atoms with Gasteiger partial charge in [-0.15, -0.1) is 0 Å². The fourth-order valence-electron chi connectivity index (χ4n) is 2.16. The molecule has 0 N–H and O–H groups in total. The zero-order valence-electron chi connectivity index (χ0n) is 12.2. The number of methoxy groups -OCH3 is 1. The minimum Gasteiger partial charge on any atom is -0.497 e. The van der Waals surface area contributed by atoms with Crippen LogP contribution in [0.1, 0.15) is 10.4 Å². The molecule has 3 rings (SSSR count). The van der Waals surface area contributed by atoms with Crippen molar-refractivity contribution in [3.05, 3.63) is 60.2 Å². The lowest BCUT2D eigenvalue weighted by Crippen LogP contribution is -2.29. The second-order valence-corrected chi connectivity index (χ2v) is 4.79. The molecule has 2 aromatic carbocycles. The van der Waals surface area contributed by atoms with E-state index < -0.39 is 17.5 Å². The summed E-state index contributed by atoms with van der Waals surface area (Å²) >= 11 is 0. The van der Waals surface area contributed by atoms with Crippen molar-refractivity contribution >= 4 is 28.9 Å². The number of para-hydroxylation sites is 1. The number of carbonyl (C=O) groups is 3. The van der Waals surface area contributed by atoms with Crippen LogP contribution in [0.25, 0.3) is 0 Å². The highest BCUT2D eigenvalue weighted by Crippen LogP contribution is 2.20. The van der Waals surface area contributed by atoms with Gasteiger partial charge in [0.25, 0.3) is 5.78 Å². The molecule has 0 saturated heterocycles. The molecule has 0 aromatic heterocycles. The summed E-state index contributed by atoms with van der Waals surface area (Å²) in [4.78, 5) is 36.5. The Labute approximate surface area is 132 Å². The third-order valence-electron chi connectivity index (χ3n) is 3.37. The van der Waals surface area contributed by atoms with Crippen LogP contribution in [0.4, 0.5) is 5.69 Å².